The molecule has 0 saturated carbocycles. The molecule has 1 N–H and O–H groups in total. The van der Waals surface area contributed by atoms with Crippen LogP contribution in [0.4, 0.5) is 4.39 Å². The quantitative estimate of drug-likeness (QED) is 0.789. The summed E-state index contributed by atoms with van der Waals surface area (Å²) in [5.41, 5.74) is 1.91. The lowest BCUT2D eigenvalue weighted by Crippen LogP contribution is -2.26. The Morgan fingerprint density at radius 3 is 2.65 bits per heavy atom. The number of hydrogen-bond donors (Lipinski definition) is 1. The van der Waals surface area contributed by atoms with E-state index in [1.807, 2.05) is 19.9 Å². The number of nitrogens with one attached hydrogen (secondary N) is 1. The maximum atomic E-state index is 13.4. The second kappa shape index (κ2) is 7.41. The van der Waals surface area contributed by atoms with Gasteiger partial charge in [-0.25, -0.2) is 4.39 Å². The summed E-state index contributed by atoms with van der Waals surface area (Å²) in [6.45, 7) is 8.16. The molecule has 1 aromatic rings. The fourth-order valence-electron chi connectivity index (χ4n) is 1.79. The first-order chi connectivity index (χ1) is 8.17. The monoisotopic (exact) mass is 239 g/mol. The molecule has 1 rings (SSSR count). The third kappa shape index (κ3) is 4.84. The normalized spacial score (nSPS) is 12.7. The van der Waals surface area contributed by atoms with E-state index in [4.69, 9.17) is 4.74 Å². The average Bonchev–Trinajstić information content (AvgIpc) is 2.28. The van der Waals surface area contributed by atoms with Crippen LogP contribution in [-0.4, -0.2) is 19.8 Å². The third-order valence-electron chi connectivity index (χ3n) is 2.60. The Hall–Kier alpha value is -0.930. The van der Waals surface area contributed by atoms with Gasteiger partial charge in [-0.1, -0.05) is 13.0 Å². The lowest BCUT2D eigenvalue weighted by molar-refractivity contribution is 0.123. The highest BCUT2D eigenvalue weighted by Gasteiger charge is 2.12. The van der Waals surface area contributed by atoms with Gasteiger partial charge in [-0.3, -0.25) is 0 Å². The van der Waals surface area contributed by atoms with E-state index in [9.17, 15) is 4.39 Å². The van der Waals surface area contributed by atoms with Crippen LogP contribution in [0, 0.1) is 12.7 Å². The molecule has 1 atom stereocenters. The molecule has 1 aromatic carbocycles. The van der Waals surface area contributed by atoms with Crippen LogP contribution in [0.25, 0.3) is 0 Å². The Bertz CT molecular complexity index is 313. The summed E-state index contributed by atoms with van der Waals surface area (Å²) >= 11 is 0. The maximum Gasteiger partial charge on any atom is 0.123 e. The number of benzene rings is 1. The zero-order chi connectivity index (χ0) is 12.7. The predicted molar refractivity (Wildman–Crippen MR) is 68.7 cm³/mol. The van der Waals surface area contributed by atoms with E-state index in [-0.39, 0.29) is 11.9 Å². The van der Waals surface area contributed by atoms with E-state index >= 15 is 0 Å². The van der Waals surface area contributed by atoms with Gasteiger partial charge in [0.1, 0.15) is 5.82 Å². The first-order valence-corrected chi connectivity index (χ1v) is 6.25. The summed E-state index contributed by atoms with van der Waals surface area (Å²) in [6, 6.07) is 5.21. The van der Waals surface area contributed by atoms with Crippen molar-refractivity contribution in [1.82, 2.24) is 5.32 Å². The molecule has 0 aromatic heterocycles. The molecule has 1 unspecified atom stereocenters. The zero-order valence-electron chi connectivity index (χ0n) is 10.9. The summed E-state index contributed by atoms with van der Waals surface area (Å²) in [5, 5.41) is 3.38. The van der Waals surface area contributed by atoms with Crippen LogP contribution in [0.2, 0.25) is 0 Å². The van der Waals surface area contributed by atoms with Gasteiger partial charge >= 0.3 is 0 Å². The zero-order valence-corrected chi connectivity index (χ0v) is 10.9. The number of ether oxygens (including phenoxy) is 1. The number of hydrogen-bond acceptors (Lipinski definition) is 2. The molecule has 0 spiro atoms. The largest absolute Gasteiger partial charge is 0.380 e. The van der Waals surface area contributed by atoms with Crippen LogP contribution in [0.1, 0.15) is 37.4 Å². The molecule has 0 saturated heterocycles. The molecule has 0 fully saturated rings. The van der Waals surface area contributed by atoms with Gasteiger partial charge < -0.3 is 10.1 Å². The van der Waals surface area contributed by atoms with Crippen molar-refractivity contribution in [3.05, 3.63) is 35.1 Å². The molecular formula is C14H22FNO. The SMILES string of the molecule is CCCNC(COCC)c1cc(C)cc(F)c1. The van der Waals surface area contributed by atoms with Crippen molar-refractivity contribution >= 4 is 0 Å². The van der Waals surface area contributed by atoms with Crippen molar-refractivity contribution in [3.63, 3.8) is 0 Å². The van der Waals surface area contributed by atoms with Crippen molar-refractivity contribution in [1.29, 1.82) is 0 Å². The molecule has 0 aliphatic heterocycles. The standard InChI is InChI=1S/C14H22FNO/c1-4-6-16-14(10-17-5-2)12-7-11(3)8-13(15)9-12/h7-9,14,16H,4-6,10H2,1-3H3. The fourth-order valence-corrected chi connectivity index (χ4v) is 1.79. The van der Waals surface area contributed by atoms with E-state index in [2.05, 4.69) is 12.2 Å². The minimum Gasteiger partial charge on any atom is -0.380 e. The van der Waals surface area contributed by atoms with Crippen LogP contribution < -0.4 is 5.32 Å². The average molecular weight is 239 g/mol. The second-order valence-electron chi connectivity index (χ2n) is 4.23. The summed E-state index contributed by atoms with van der Waals surface area (Å²) in [7, 11) is 0. The van der Waals surface area contributed by atoms with Crippen LogP contribution in [0.15, 0.2) is 18.2 Å². The first-order valence-electron chi connectivity index (χ1n) is 6.25. The van der Waals surface area contributed by atoms with Crippen LogP contribution in [-0.2, 0) is 4.74 Å². The summed E-state index contributed by atoms with van der Waals surface area (Å²) in [5.74, 6) is -0.181. The minimum absolute atomic E-state index is 0.0734. The molecule has 0 aliphatic carbocycles. The summed E-state index contributed by atoms with van der Waals surface area (Å²) in [6.07, 6.45) is 1.05. The fraction of sp³-hybridized carbons (Fsp3) is 0.571. The van der Waals surface area contributed by atoms with E-state index in [0.717, 1.165) is 24.1 Å². The molecule has 0 heterocycles. The summed E-state index contributed by atoms with van der Waals surface area (Å²) in [4.78, 5) is 0. The highest BCUT2D eigenvalue weighted by molar-refractivity contribution is 5.26. The predicted octanol–water partition coefficient (Wildman–Crippen LogP) is 3.21. The number of halogens is 1. The van der Waals surface area contributed by atoms with Crippen molar-refractivity contribution in [2.45, 2.75) is 33.2 Å². The van der Waals surface area contributed by atoms with Gasteiger partial charge in [0.05, 0.1) is 12.6 Å². The molecule has 0 amide bonds. The van der Waals surface area contributed by atoms with Crippen molar-refractivity contribution < 1.29 is 9.13 Å². The van der Waals surface area contributed by atoms with Gasteiger partial charge in [0.2, 0.25) is 0 Å². The Labute approximate surface area is 103 Å². The van der Waals surface area contributed by atoms with E-state index in [1.54, 1.807) is 12.1 Å². The smallest absolute Gasteiger partial charge is 0.123 e. The molecule has 0 radical (unpaired) electrons. The second-order valence-corrected chi connectivity index (χ2v) is 4.23. The topological polar surface area (TPSA) is 21.3 Å². The van der Waals surface area contributed by atoms with Gasteiger partial charge in [0.25, 0.3) is 0 Å². The van der Waals surface area contributed by atoms with Crippen molar-refractivity contribution in [2.24, 2.45) is 0 Å². The van der Waals surface area contributed by atoms with Gasteiger partial charge in [0.15, 0.2) is 0 Å². The molecule has 17 heavy (non-hydrogen) atoms. The number of rotatable bonds is 7. The van der Waals surface area contributed by atoms with Crippen molar-refractivity contribution in [2.75, 3.05) is 19.8 Å². The highest BCUT2D eigenvalue weighted by atomic mass is 19.1. The minimum atomic E-state index is -0.181. The lowest BCUT2D eigenvalue weighted by atomic mass is 10.0. The van der Waals surface area contributed by atoms with Gasteiger partial charge in [-0.15, -0.1) is 0 Å². The number of aryl methyl sites for hydroxylation is 1. The van der Waals surface area contributed by atoms with E-state index in [1.165, 1.54) is 0 Å². The third-order valence-corrected chi connectivity index (χ3v) is 2.60. The molecule has 0 bridgehead atoms. The Morgan fingerprint density at radius 1 is 1.29 bits per heavy atom. The molecule has 0 aliphatic rings. The molecular weight excluding hydrogens is 217 g/mol. The van der Waals surface area contributed by atoms with Gasteiger partial charge in [-0.2, -0.15) is 0 Å². The van der Waals surface area contributed by atoms with Crippen LogP contribution in [0.3, 0.4) is 0 Å². The van der Waals surface area contributed by atoms with E-state index in [0.29, 0.717) is 13.2 Å². The van der Waals surface area contributed by atoms with Crippen LogP contribution in [0.5, 0.6) is 0 Å². The molecule has 2 nitrogen and oxygen atoms in total. The molecule has 3 heteroatoms. The van der Waals surface area contributed by atoms with Crippen LogP contribution >= 0.6 is 0 Å². The van der Waals surface area contributed by atoms with E-state index < -0.39 is 0 Å². The Morgan fingerprint density at radius 2 is 2.06 bits per heavy atom. The van der Waals surface area contributed by atoms with Gasteiger partial charge in [-0.05, 0) is 50.1 Å². The first kappa shape index (κ1) is 14.1. The lowest BCUT2D eigenvalue weighted by Gasteiger charge is -2.19. The summed E-state index contributed by atoms with van der Waals surface area (Å²) < 4.78 is 18.8. The maximum absolute atomic E-state index is 13.4. The Balaban J connectivity index is 2.78. The molecule has 96 valence electrons. The van der Waals surface area contributed by atoms with Crippen molar-refractivity contribution in [3.8, 4) is 0 Å². The highest BCUT2D eigenvalue weighted by Crippen LogP contribution is 2.17. The Kier molecular flexibility index (Phi) is 6.16. The van der Waals surface area contributed by atoms with Gasteiger partial charge in [0, 0.05) is 6.61 Å².